The zero-order valence-corrected chi connectivity index (χ0v) is 22.5. The molecule has 0 saturated heterocycles. The lowest BCUT2D eigenvalue weighted by Crippen LogP contribution is -2.38. The van der Waals surface area contributed by atoms with Crippen molar-refractivity contribution in [3.8, 4) is 0 Å². The van der Waals surface area contributed by atoms with Crippen molar-refractivity contribution in [1.29, 1.82) is 0 Å². The molecule has 2 heterocycles. The molecule has 5 rings (SSSR count). The van der Waals surface area contributed by atoms with Crippen molar-refractivity contribution >= 4 is 29.0 Å². The number of para-hydroxylation sites is 2. The number of benzene rings is 2. The average molecular weight is 524 g/mol. The fourth-order valence-electron chi connectivity index (χ4n) is 5.55. The lowest BCUT2D eigenvalue weighted by molar-refractivity contribution is -0.138. The molecule has 2 aromatic carbocycles. The zero-order valence-electron chi connectivity index (χ0n) is 22.5. The maximum absolute atomic E-state index is 14.0. The molecule has 2 N–H and O–H groups in total. The number of nitrogens with zero attached hydrogens (tertiary/aromatic N) is 2. The summed E-state index contributed by atoms with van der Waals surface area (Å²) in [7, 11) is 0. The molecule has 0 radical (unpaired) electrons. The Hall–Kier alpha value is -4.26. The molecule has 7 heteroatoms. The fourth-order valence-corrected chi connectivity index (χ4v) is 5.55. The van der Waals surface area contributed by atoms with Crippen molar-refractivity contribution in [2.45, 2.75) is 63.8 Å². The summed E-state index contributed by atoms with van der Waals surface area (Å²) in [5.41, 5.74) is 5.80. The highest BCUT2D eigenvalue weighted by Gasteiger charge is 2.41. The number of carbonyl (C=O) groups is 3. The highest BCUT2D eigenvalue weighted by molar-refractivity contribution is 6.06. The number of Topliss-reactive ketones (excluding diaryl/α,β-unsaturated/α-hetero) is 1. The van der Waals surface area contributed by atoms with Crippen LogP contribution < -0.4 is 10.2 Å². The highest BCUT2D eigenvalue weighted by atomic mass is 16.4. The second kappa shape index (κ2) is 10.5. The second-order valence-electron chi connectivity index (χ2n) is 11.3. The third kappa shape index (κ3) is 5.35. The minimum absolute atomic E-state index is 0.00252. The molecule has 7 nitrogen and oxygen atoms in total. The van der Waals surface area contributed by atoms with Gasteiger partial charge in [0.25, 0.3) is 0 Å². The van der Waals surface area contributed by atoms with E-state index in [1.165, 1.54) is 5.56 Å². The molecular weight excluding hydrogens is 490 g/mol. The molecule has 1 aromatic heterocycles. The predicted molar refractivity (Wildman–Crippen MR) is 151 cm³/mol. The van der Waals surface area contributed by atoms with Crippen LogP contribution in [-0.2, 0) is 19.8 Å². The van der Waals surface area contributed by atoms with E-state index in [0.29, 0.717) is 29.8 Å². The smallest absolute Gasteiger partial charge is 0.303 e. The summed E-state index contributed by atoms with van der Waals surface area (Å²) < 4.78 is 0. The number of hydrogen-bond acceptors (Lipinski definition) is 5. The van der Waals surface area contributed by atoms with E-state index in [9.17, 15) is 19.5 Å². The molecular formula is C32H33N3O4. The number of nitrogens with one attached hydrogen (secondary N) is 1. The summed E-state index contributed by atoms with van der Waals surface area (Å²) in [6.45, 7) is 6.54. The molecule has 0 unspecified atom stereocenters. The summed E-state index contributed by atoms with van der Waals surface area (Å²) >= 11 is 0. The van der Waals surface area contributed by atoms with Gasteiger partial charge in [-0.05, 0) is 58.7 Å². The molecule has 1 aliphatic carbocycles. The topological polar surface area (TPSA) is 99.6 Å². The van der Waals surface area contributed by atoms with Crippen molar-refractivity contribution in [2.24, 2.45) is 0 Å². The number of anilines is 2. The van der Waals surface area contributed by atoms with Crippen molar-refractivity contribution in [1.82, 2.24) is 4.98 Å². The van der Waals surface area contributed by atoms with Gasteiger partial charge in [0.1, 0.15) is 0 Å². The number of amides is 1. The van der Waals surface area contributed by atoms with E-state index in [0.717, 1.165) is 16.8 Å². The molecule has 2 aliphatic rings. The number of carboxylic acid groups (broad SMARTS) is 1. The van der Waals surface area contributed by atoms with Gasteiger partial charge in [0.05, 0.1) is 23.8 Å². The second-order valence-corrected chi connectivity index (χ2v) is 11.3. The Morgan fingerprint density at radius 3 is 2.31 bits per heavy atom. The van der Waals surface area contributed by atoms with Crippen LogP contribution in [0.5, 0.6) is 0 Å². The maximum atomic E-state index is 14.0. The minimum Gasteiger partial charge on any atom is -0.481 e. The van der Waals surface area contributed by atoms with Crippen LogP contribution in [0, 0.1) is 0 Å². The predicted octanol–water partition coefficient (Wildman–Crippen LogP) is 6.14. The first kappa shape index (κ1) is 26.4. The zero-order chi connectivity index (χ0) is 27.7. The number of carboxylic acids is 1. The minimum atomic E-state index is -1.04. The number of pyridine rings is 1. The van der Waals surface area contributed by atoms with E-state index in [1.807, 2.05) is 36.4 Å². The number of rotatable bonds is 5. The number of aliphatic carboxylic acids is 1. The van der Waals surface area contributed by atoms with Crippen LogP contribution in [0.3, 0.4) is 0 Å². The number of ketones is 1. The first-order valence-electron chi connectivity index (χ1n) is 13.3. The van der Waals surface area contributed by atoms with E-state index in [4.69, 9.17) is 0 Å². The summed E-state index contributed by atoms with van der Waals surface area (Å²) in [6.07, 6.45) is 3.76. The third-order valence-electron chi connectivity index (χ3n) is 7.58. The number of aromatic nitrogens is 1. The molecule has 0 fully saturated rings. The summed E-state index contributed by atoms with van der Waals surface area (Å²) in [6, 6.07) is 18.9. The lowest BCUT2D eigenvalue weighted by atomic mass is 9.77. The molecule has 1 amide bonds. The Morgan fingerprint density at radius 2 is 1.64 bits per heavy atom. The van der Waals surface area contributed by atoms with Gasteiger partial charge < -0.3 is 10.4 Å². The monoisotopic (exact) mass is 523 g/mol. The average Bonchev–Trinajstić information content (AvgIpc) is 3.06. The fraction of sp³-hybridized carbons (Fsp3) is 0.312. The molecule has 3 aromatic rings. The van der Waals surface area contributed by atoms with Gasteiger partial charge in [-0.2, -0.15) is 0 Å². The van der Waals surface area contributed by atoms with Gasteiger partial charge >= 0.3 is 5.97 Å². The standard InChI is InChI=1S/C32H33N3O4/c1-32(2,3)23-10-8-20(9-11-23)22-18-25-30(27(36)19-22)31(21-14-16-33-17-15-21)35(28(37)12-13-29(38)39)26-7-5-4-6-24(26)34-25/h4-11,14-17,22,31,34H,12-13,18-19H2,1-3H3,(H,38,39)/t22-,31-/m0/s1. The summed E-state index contributed by atoms with van der Waals surface area (Å²) in [4.78, 5) is 44.7. The summed E-state index contributed by atoms with van der Waals surface area (Å²) in [5.74, 6) is -1.43. The first-order valence-corrected chi connectivity index (χ1v) is 13.3. The molecule has 200 valence electrons. The van der Waals surface area contributed by atoms with E-state index in [2.05, 4.69) is 55.3 Å². The first-order chi connectivity index (χ1) is 18.6. The van der Waals surface area contributed by atoms with Gasteiger partial charge in [0.2, 0.25) is 5.91 Å². The highest BCUT2D eigenvalue weighted by Crippen LogP contribution is 2.47. The Balaban J connectivity index is 1.62. The number of hydrogen-bond donors (Lipinski definition) is 2. The van der Waals surface area contributed by atoms with Crippen molar-refractivity contribution in [2.75, 3.05) is 10.2 Å². The SMILES string of the molecule is CC(C)(C)c1ccc([C@@H]2CC(=O)C3=C(C2)Nc2ccccc2N(C(=O)CCC(=O)O)[C@H]3c2ccncc2)cc1. The lowest BCUT2D eigenvalue weighted by Gasteiger charge is -2.35. The van der Waals surface area contributed by atoms with Gasteiger partial charge in [0, 0.05) is 36.5 Å². The van der Waals surface area contributed by atoms with Crippen molar-refractivity contribution in [3.05, 3.63) is 101 Å². The number of carbonyl (C=O) groups excluding carboxylic acids is 2. The molecule has 1 aliphatic heterocycles. The Labute approximate surface area is 228 Å². The van der Waals surface area contributed by atoms with E-state index < -0.39 is 12.0 Å². The molecule has 0 bridgehead atoms. The molecule has 0 spiro atoms. The van der Waals surface area contributed by atoms with Crippen LogP contribution in [-0.4, -0.2) is 27.8 Å². The normalized spacial score (nSPS) is 19.1. The van der Waals surface area contributed by atoms with Crippen molar-refractivity contribution in [3.63, 3.8) is 0 Å². The van der Waals surface area contributed by atoms with Crippen LogP contribution >= 0.6 is 0 Å². The van der Waals surface area contributed by atoms with Crippen LogP contribution in [0.25, 0.3) is 0 Å². The van der Waals surface area contributed by atoms with Gasteiger partial charge in [-0.3, -0.25) is 24.3 Å². The Kier molecular flexibility index (Phi) is 7.08. The number of allylic oxidation sites excluding steroid dienone is 1. The number of fused-ring (bicyclic) bond motifs is 1. The third-order valence-corrected chi connectivity index (χ3v) is 7.58. The van der Waals surface area contributed by atoms with E-state index >= 15 is 0 Å². The van der Waals surface area contributed by atoms with Gasteiger partial charge in [-0.25, -0.2) is 0 Å². The van der Waals surface area contributed by atoms with E-state index in [1.54, 1.807) is 17.3 Å². The quantitative estimate of drug-likeness (QED) is 0.416. The van der Waals surface area contributed by atoms with E-state index in [-0.39, 0.29) is 35.9 Å². The van der Waals surface area contributed by atoms with Gasteiger partial charge in [0.15, 0.2) is 5.78 Å². The largest absolute Gasteiger partial charge is 0.481 e. The van der Waals surface area contributed by atoms with Crippen molar-refractivity contribution < 1.29 is 19.5 Å². The van der Waals surface area contributed by atoms with Crippen LogP contribution in [0.4, 0.5) is 11.4 Å². The van der Waals surface area contributed by atoms with Crippen LogP contribution in [0.2, 0.25) is 0 Å². The van der Waals surface area contributed by atoms with Crippen LogP contribution in [0.1, 0.15) is 75.1 Å². The van der Waals surface area contributed by atoms with Gasteiger partial charge in [-0.15, -0.1) is 0 Å². The molecule has 0 saturated carbocycles. The molecule has 39 heavy (non-hydrogen) atoms. The Bertz CT molecular complexity index is 1440. The van der Waals surface area contributed by atoms with Crippen LogP contribution in [0.15, 0.2) is 84.3 Å². The maximum Gasteiger partial charge on any atom is 0.303 e. The Morgan fingerprint density at radius 1 is 0.949 bits per heavy atom. The molecule has 2 atom stereocenters. The summed E-state index contributed by atoms with van der Waals surface area (Å²) in [5, 5.41) is 12.8. The van der Waals surface area contributed by atoms with Gasteiger partial charge in [-0.1, -0.05) is 57.2 Å².